The van der Waals surface area contributed by atoms with Crippen LogP contribution in [0.5, 0.6) is 0 Å². The molecule has 0 atom stereocenters. The number of hydrogen-bond acceptors (Lipinski definition) is 4. The van der Waals surface area contributed by atoms with Gasteiger partial charge in [-0.1, -0.05) is 53.0 Å². The summed E-state index contributed by atoms with van der Waals surface area (Å²) < 4.78 is 0. The average molecular weight is 436 g/mol. The van der Waals surface area contributed by atoms with E-state index in [1.54, 1.807) is 18.2 Å². The lowest BCUT2D eigenvalue weighted by Gasteiger charge is -2.07. The third kappa shape index (κ3) is 4.59. The third-order valence-electron chi connectivity index (χ3n) is 3.73. The van der Waals surface area contributed by atoms with E-state index in [0.717, 1.165) is 16.5 Å². The van der Waals surface area contributed by atoms with Gasteiger partial charge in [-0.2, -0.15) is 5.10 Å². The number of carbonyl (C=O) groups is 2. The number of halogens is 3. The van der Waals surface area contributed by atoms with Crippen LogP contribution in [0.1, 0.15) is 11.1 Å². The van der Waals surface area contributed by atoms with E-state index in [9.17, 15) is 9.59 Å². The zero-order valence-electron chi connectivity index (χ0n) is 14.5. The number of carbonyl (C=O) groups excluding carboxylic acids is 2. The Balaban J connectivity index is 1.68. The second-order valence-corrected chi connectivity index (χ2v) is 6.96. The summed E-state index contributed by atoms with van der Waals surface area (Å²) in [6.07, 6.45) is 1.31. The molecule has 0 saturated heterocycles. The van der Waals surface area contributed by atoms with Gasteiger partial charge in [-0.05, 0) is 36.8 Å². The van der Waals surface area contributed by atoms with E-state index >= 15 is 0 Å². The van der Waals surface area contributed by atoms with Gasteiger partial charge in [-0.15, -0.1) is 0 Å². The first-order valence-corrected chi connectivity index (χ1v) is 9.14. The lowest BCUT2D eigenvalue weighted by molar-refractivity contribution is -0.136. The molecule has 3 rings (SSSR count). The topological polar surface area (TPSA) is 83.5 Å². The van der Waals surface area contributed by atoms with Crippen molar-refractivity contribution in [2.24, 2.45) is 5.10 Å². The fraction of sp³-hybridized carbons (Fsp3) is 0.0526. The zero-order valence-corrected chi connectivity index (χ0v) is 16.7. The SMILES string of the molecule is Cc1ccc2cc(/C=N\NC(=O)C(=O)Nc3cccc(Cl)c3Cl)c(Cl)nc2c1. The Morgan fingerprint density at radius 1 is 1.07 bits per heavy atom. The number of benzene rings is 2. The normalized spacial score (nSPS) is 11.0. The molecular weight excluding hydrogens is 423 g/mol. The number of rotatable bonds is 3. The molecule has 0 saturated carbocycles. The summed E-state index contributed by atoms with van der Waals surface area (Å²) >= 11 is 18.0. The van der Waals surface area contributed by atoms with Gasteiger partial charge in [0.1, 0.15) is 5.15 Å². The molecule has 1 aromatic heterocycles. The molecule has 0 aliphatic heterocycles. The van der Waals surface area contributed by atoms with Crippen LogP contribution in [-0.2, 0) is 9.59 Å². The van der Waals surface area contributed by atoms with E-state index in [1.165, 1.54) is 12.3 Å². The van der Waals surface area contributed by atoms with Gasteiger partial charge < -0.3 is 5.32 Å². The Morgan fingerprint density at radius 2 is 1.86 bits per heavy atom. The summed E-state index contributed by atoms with van der Waals surface area (Å²) in [6.45, 7) is 1.96. The number of nitrogens with zero attached hydrogens (tertiary/aromatic N) is 2. The van der Waals surface area contributed by atoms with Crippen molar-refractivity contribution in [3.63, 3.8) is 0 Å². The van der Waals surface area contributed by atoms with Crippen molar-refractivity contribution >= 4 is 69.4 Å². The van der Waals surface area contributed by atoms with Gasteiger partial charge in [0, 0.05) is 10.9 Å². The fourth-order valence-corrected chi connectivity index (χ4v) is 2.89. The maximum Gasteiger partial charge on any atom is 0.329 e. The number of pyridine rings is 1. The minimum Gasteiger partial charge on any atom is -0.316 e. The first kappa shape index (κ1) is 20.1. The Kier molecular flexibility index (Phi) is 6.14. The van der Waals surface area contributed by atoms with Crippen LogP contribution in [0, 0.1) is 6.92 Å². The van der Waals surface area contributed by atoms with Gasteiger partial charge in [-0.25, -0.2) is 10.4 Å². The molecule has 142 valence electrons. The van der Waals surface area contributed by atoms with E-state index in [1.807, 2.05) is 25.1 Å². The number of aryl methyl sites for hydroxylation is 1. The van der Waals surface area contributed by atoms with Crippen molar-refractivity contribution < 1.29 is 9.59 Å². The first-order valence-electron chi connectivity index (χ1n) is 8.00. The number of hydrazone groups is 1. The minimum atomic E-state index is -0.979. The largest absolute Gasteiger partial charge is 0.329 e. The fourth-order valence-electron chi connectivity index (χ4n) is 2.35. The summed E-state index contributed by atoms with van der Waals surface area (Å²) in [6, 6.07) is 12.2. The van der Waals surface area contributed by atoms with Crippen LogP contribution in [-0.4, -0.2) is 23.0 Å². The van der Waals surface area contributed by atoms with Gasteiger partial charge in [0.2, 0.25) is 0 Å². The average Bonchev–Trinajstić information content (AvgIpc) is 2.65. The molecule has 0 aliphatic carbocycles. The van der Waals surface area contributed by atoms with E-state index in [-0.39, 0.29) is 20.9 Å². The van der Waals surface area contributed by atoms with Crippen LogP contribution in [0.25, 0.3) is 10.9 Å². The van der Waals surface area contributed by atoms with Gasteiger partial charge in [-0.3, -0.25) is 9.59 Å². The highest BCUT2D eigenvalue weighted by Gasteiger charge is 2.15. The van der Waals surface area contributed by atoms with Crippen molar-refractivity contribution in [2.75, 3.05) is 5.32 Å². The summed E-state index contributed by atoms with van der Waals surface area (Å²) in [4.78, 5) is 28.2. The number of amides is 2. The molecule has 0 fully saturated rings. The number of aromatic nitrogens is 1. The summed E-state index contributed by atoms with van der Waals surface area (Å²) in [7, 11) is 0. The zero-order chi connectivity index (χ0) is 20.3. The molecule has 2 aromatic carbocycles. The molecule has 2 amide bonds. The number of anilines is 1. The predicted molar refractivity (Wildman–Crippen MR) is 112 cm³/mol. The van der Waals surface area contributed by atoms with Crippen LogP contribution in [0.15, 0.2) is 47.6 Å². The van der Waals surface area contributed by atoms with Crippen molar-refractivity contribution in [1.29, 1.82) is 0 Å². The summed E-state index contributed by atoms with van der Waals surface area (Å²) in [5.74, 6) is -1.92. The van der Waals surface area contributed by atoms with Crippen LogP contribution in [0.3, 0.4) is 0 Å². The van der Waals surface area contributed by atoms with E-state index in [0.29, 0.717) is 5.56 Å². The molecule has 0 bridgehead atoms. The van der Waals surface area contributed by atoms with Gasteiger partial charge in [0.25, 0.3) is 0 Å². The molecule has 28 heavy (non-hydrogen) atoms. The highest BCUT2D eigenvalue weighted by Crippen LogP contribution is 2.29. The quantitative estimate of drug-likeness (QED) is 0.273. The molecule has 0 radical (unpaired) electrons. The molecule has 1 heterocycles. The van der Waals surface area contributed by atoms with E-state index in [2.05, 4.69) is 20.8 Å². The van der Waals surface area contributed by atoms with Crippen molar-refractivity contribution in [3.05, 3.63) is 68.8 Å². The predicted octanol–water partition coefficient (Wildman–Crippen LogP) is 4.59. The molecule has 2 N–H and O–H groups in total. The molecule has 0 unspecified atom stereocenters. The van der Waals surface area contributed by atoms with Crippen LogP contribution in [0.4, 0.5) is 5.69 Å². The van der Waals surface area contributed by atoms with E-state index in [4.69, 9.17) is 34.8 Å². The Labute approximate surface area is 175 Å². The lowest BCUT2D eigenvalue weighted by atomic mass is 10.1. The van der Waals surface area contributed by atoms with Gasteiger partial charge >= 0.3 is 11.8 Å². The Hall–Kier alpha value is -2.67. The molecule has 3 aromatic rings. The Bertz CT molecular complexity index is 1120. The number of nitrogens with one attached hydrogen (secondary N) is 2. The number of fused-ring (bicyclic) bond motifs is 1. The maximum atomic E-state index is 12.0. The first-order chi connectivity index (χ1) is 13.3. The molecule has 6 nitrogen and oxygen atoms in total. The third-order valence-corrected chi connectivity index (χ3v) is 4.85. The van der Waals surface area contributed by atoms with Crippen molar-refractivity contribution in [1.82, 2.24) is 10.4 Å². The Morgan fingerprint density at radius 3 is 2.64 bits per heavy atom. The van der Waals surface area contributed by atoms with E-state index < -0.39 is 11.8 Å². The minimum absolute atomic E-state index is 0.137. The lowest BCUT2D eigenvalue weighted by Crippen LogP contribution is -2.32. The number of hydrogen-bond donors (Lipinski definition) is 2. The summed E-state index contributed by atoms with van der Waals surface area (Å²) in [5, 5.41) is 7.61. The van der Waals surface area contributed by atoms with Crippen LogP contribution in [0.2, 0.25) is 15.2 Å². The highest BCUT2D eigenvalue weighted by molar-refractivity contribution is 6.45. The van der Waals surface area contributed by atoms with Crippen molar-refractivity contribution in [2.45, 2.75) is 6.92 Å². The van der Waals surface area contributed by atoms with Gasteiger partial charge in [0.05, 0.1) is 27.5 Å². The summed E-state index contributed by atoms with van der Waals surface area (Å²) in [5.41, 5.74) is 4.66. The second-order valence-electron chi connectivity index (χ2n) is 5.82. The molecular formula is C19H13Cl3N4O2. The highest BCUT2D eigenvalue weighted by atomic mass is 35.5. The van der Waals surface area contributed by atoms with Crippen molar-refractivity contribution in [3.8, 4) is 0 Å². The molecule has 0 spiro atoms. The standard InChI is InChI=1S/C19H13Cl3N4O2/c1-10-5-6-11-8-12(17(22)24-15(11)7-10)9-23-26-19(28)18(27)25-14-4-2-3-13(20)16(14)21/h2-9H,1H3,(H,25,27)(H,26,28)/b23-9-. The smallest absolute Gasteiger partial charge is 0.316 e. The van der Waals surface area contributed by atoms with Gasteiger partial charge in [0.15, 0.2) is 0 Å². The van der Waals surface area contributed by atoms with Crippen LogP contribution < -0.4 is 10.7 Å². The monoisotopic (exact) mass is 434 g/mol. The molecule has 0 aliphatic rings. The van der Waals surface area contributed by atoms with Crippen LogP contribution >= 0.6 is 34.8 Å². The second kappa shape index (κ2) is 8.56. The molecule has 9 heteroatoms. The maximum absolute atomic E-state index is 12.0.